The Morgan fingerprint density at radius 3 is 1.79 bits per heavy atom. The minimum Gasteiger partial charge on any atom is -0.490 e. The second kappa shape index (κ2) is 14.2. The highest BCUT2D eigenvalue weighted by Crippen LogP contribution is 2.42. The maximum absolute atomic E-state index is 14.3. The van der Waals surface area contributed by atoms with E-state index < -0.39 is 11.6 Å². The molecule has 0 aromatic heterocycles. The van der Waals surface area contributed by atoms with E-state index in [1.54, 1.807) is 0 Å². The summed E-state index contributed by atoms with van der Waals surface area (Å²) in [6.07, 6.45) is 19.7. The first kappa shape index (κ1) is 26.3. The summed E-state index contributed by atoms with van der Waals surface area (Å²) in [6.45, 7) is 5.07. The molecule has 2 aliphatic rings. The molecule has 0 N–H and O–H groups in total. The largest absolute Gasteiger partial charge is 0.490 e. The number of halogens is 2. The van der Waals surface area contributed by atoms with Gasteiger partial charge >= 0.3 is 0 Å². The number of ether oxygens (including phenoxy) is 2. The number of hydrogen-bond donors (Lipinski definition) is 0. The summed E-state index contributed by atoms with van der Waals surface area (Å²) in [5, 5.41) is 0. The molecule has 188 valence electrons. The fourth-order valence-electron chi connectivity index (χ4n) is 5.97. The van der Waals surface area contributed by atoms with Crippen molar-refractivity contribution < 1.29 is 18.3 Å². The van der Waals surface area contributed by atoms with Crippen molar-refractivity contribution in [2.75, 3.05) is 13.2 Å². The molecular formula is C29H46F2O2. The summed E-state index contributed by atoms with van der Waals surface area (Å²) in [4.78, 5) is 0. The van der Waals surface area contributed by atoms with E-state index in [0.29, 0.717) is 19.1 Å². The average Bonchev–Trinajstić information content (AvgIpc) is 2.85. The van der Waals surface area contributed by atoms with E-state index in [0.717, 1.165) is 37.0 Å². The first-order valence-electron chi connectivity index (χ1n) is 13.9. The Morgan fingerprint density at radius 2 is 1.21 bits per heavy atom. The third-order valence-electron chi connectivity index (χ3n) is 8.11. The lowest BCUT2D eigenvalue weighted by Gasteiger charge is -2.38. The first-order chi connectivity index (χ1) is 16.1. The van der Waals surface area contributed by atoms with Crippen LogP contribution >= 0.6 is 0 Å². The van der Waals surface area contributed by atoms with E-state index in [-0.39, 0.29) is 11.5 Å². The highest BCUT2D eigenvalue weighted by Gasteiger charge is 2.31. The summed E-state index contributed by atoms with van der Waals surface area (Å²) in [5.74, 6) is 1.28. The molecule has 4 heteroatoms. The fraction of sp³-hybridized carbons (Fsp3) is 0.793. The second-order valence-electron chi connectivity index (χ2n) is 10.6. The van der Waals surface area contributed by atoms with E-state index in [1.807, 2.05) is 6.92 Å². The quantitative estimate of drug-likeness (QED) is 0.271. The zero-order valence-electron chi connectivity index (χ0n) is 21.1. The van der Waals surface area contributed by atoms with Gasteiger partial charge in [0.2, 0.25) is 11.6 Å². The molecule has 0 aliphatic heterocycles. The SMILES string of the molecule is CCCCCCCC1CCC(C2CCC(COc3ccc(OCCC)c(F)c3F)CC2)CC1. The number of unbranched alkanes of at least 4 members (excludes halogenated alkanes) is 4. The summed E-state index contributed by atoms with van der Waals surface area (Å²) < 4.78 is 39.5. The van der Waals surface area contributed by atoms with Crippen LogP contribution in [0.1, 0.15) is 110 Å². The zero-order chi connectivity index (χ0) is 23.5. The Bertz CT molecular complexity index is 676. The van der Waals surface area contributed by atoms with Gasteiger partial charge in [-0.25, -0.2) is 0 Å². The van der Waals surface area contributed by atoms with Gasteiger partial charge in [0.15, 0.2) is 11.5 Å². The molecule has 0 bridgehead atoms. The van der Waals surface area contributed by atoms with Crippen LogP contribution in [0.4, 0.5) is 8.78 Å². The van der Waals surface area contributed by atoms with E-state index in [1.165, 1.54) is 89.2 Å². The average molecular weight is 465 g/mol. The molecule has 2 saturated carbocycles. The molecule has 0 radical (unpaired) electrons. The van der Waals surface area contributed by atoms with Gasteiger partial charge in [0.25, 0.3) is 0 Å². The fourth-order valence-corrected chi connectivity index (χ4v) is 5.97. The van der Waals surface area contributed by atoms with Crippen LogP contribution in [-0.2, 0) is 0 Å². The van der Waals surface area contributed by atoms with Gasteiger partial charge in [0.05, 0.1) is 13.2 Å². The van der Waals surface area contributed by atoms with Crippen molar-refractivity contribution in [3.05, 3.63) is 23.8 Å². The highest BCUT2D eigenvalue weighted by atomic mass is 19.2. The van der Waals surface area contributed by atoms with Crippen LogP contribution in [0.2, 0.25) is 0 Å². The van der Waals surface area contributed by atoms with Gasteiger partial charge in [0.1, 0.15) is 0 Å². The molecule has 2 fully saturated rings. The number of benzene rings is 1. The van der Waals surface area contributed by atoms with Crippen molar-refractivity contribution in [1.82, 2.24) is 0 Å². The zero-order valence-corrected chi connectivity index (χ0v) is 21.1. The Hall–Kier alpha value is -1.32. The second-order valence-corrected chi connectivity index (χ2v) is 10.6. The Balaban J connectivity index is 1.33. The highest BCUT2D eigenvalue weighted by molar-refractivity contribution is 5.35. The Labute approximate surface area is 200 Å². The molecule has 3 rings (SSSR count). The minimum absolute atomic E-state index is 0.00601. The molecule has 0 heterocycles. The molecule has 0 atom stereocenters. The van der Waals surface area contributed by atoms with Crippen molar-refractivity contribution in [2.45, 2.75) is 110 Å². The predicted octanol–water partition coefficient (Wildman–Crippen LogP) is 9.11. The molecule has 2 nitrogen and oxygen atoms in total. The lowest BCUT2D eigenvalue weighted by molar-refractivity contribution is 0.120. The van der Waals surface area contributed by atoms with Gasteiger partial charge in [0, 0.05) is 0 Å². The molecule has 33 heavy (non-hydrogen) atoms. The van der Waals surface area contributed by atoms with Crippen LogP contribution in [0.5, 0.6) is 11.5 Å². The van der Waals surface area contributed by atoms with Gasteiger partial charge in [-0.2, -0.15) is 8.78 Å². The third-order valence-corrected chi connectivity index (χ3v) is 8.11. The summed E-state index contributed by atoms with van der Waals surface area (Å²) in [6, 6.07) is 2.97. The van der Waals surface area contributed by atoms with Gasteiger partial charge in [-0.3, -0.25) is 0 Å². The normalized spacial score (nSPS) is 25.7. The molecular weight excluding hydrogens is 418 g/mol. The predicted molar refractivity (Wildman–Crippen MR) is 132 cm³/mol. The van der Waals surface area contributed by atoms with Crippen molar-refractivity contribution >= 4 is 0 Å². The number of rotatable bonds is 13. The monoisotopic (exact) mass is 464 g/mol. The molecule has 0 spiro atoms. The van der Waals surface area contributed by atoms with E-state index in [4.69, 9.17) is 9.47 Å². The molecule has 1 aromatic carbocycles. The minimum atomic E-state index is -0.943. The van der Waals surface area contributed by atoms with Crippen LogP contribution in [-0.4, -0.2) is 13.2 Å². The Morgan fingerprint density at radius 1 is 0.667 bits per heavy atom. The van der Waals surface area contributed by atoms with E-state index in [2.05, 4.69) is 6.92 Å². The van der Waals surface area contributed by atoms with Gasteiger partial charge in [-0.05, 0) is 80.8 Å². The summed E-state index contributed by atoms with van der Waals surface area (Å²) in [7, 11) is 0. The third kappa shape index (κ3) is 8.14. The lowest BCUT2D eigenvalue weighted by atomic mass is 9.69. The smallest absolute Gasteiger partial charge is 0.204 e. The van der Waals surface area contributed by atoms with Crippen LogP contribution < -0.4 is 9.47 Å². The topological polar surface area (TPSA) is 18.5 Å². The maximum Gasteiger partial charge on any atom is 0.204 e. The molecule has 0 amide bonds. The molecule has 0 unspecified atom stereocenters. The van der Waals surface area contributed by atoms with Gasteiger partial charge < -0.3 is 9.47 Å². The summed E-state index contributed by atoms with van der Waals surface area (Å²) >= 11 is 0. The van der Waals surface area contributed by atoms with Crippen molar-refractivity contribution in [3.63, 3.8) is 0 Å². The van der Waals surface area contributed by atoms with Crippen molar-refractivity contribution in [2.24, 2.45) is 23.7 Å². The van der Waals surface area contributed by atoms with Crippen LogP contribution in [0.15, 0.2) is 12.1 Å². The van der Waals surface area contributed by atoms with E-state index in [9.17, 15) is 8.78 Å². The van der Waals surface area contributed by atoms with Gasteiger partial charge in [-0.15, -0.1) is 0 Å². The van der Waals surface area contributed by atoms with Crippen LogP contribution in [0.3, 0.4) is 0 Å². The van der Waals surface area contributed by atoms with Crippen molar-refractivity contribution in [3.8, 4) is 11.5 Å². The number of hydrogen-bond acceptors (Lipinski definition) is 2. The standard InChI is InChI=1S/C29H46F2O2/c1-3-5-6-7-8-9-22-10-14-24(15-11-22)25-16-12-23(13-17-25)21-33-27-19-18-26(32-20-4-2)28(30)29(27)31/h18-19,22-25H,3-17,20-21H2,1-2H3. The first-order valence-corrected chi connectivity index (χ1v) is 13.9. The van der Waals surface area contributed by atoms with Gasteiger partial charge in [-0.1, -0.05) is 65.2 Å². The Kier molecular flexibility index (Phi) is 11.3. The van der Waals surface area contributed by atoms with E-state index >= 15 is 0 Å². The van der Waals surface area contributed by atoms with Crippen molar-refractivity contribution in [1.29, 1.82) is 0 Å². The maximum atomic E-state index is 14.3. The molecule has 0 saturated heterocycles. The van der Waals surface area contributed by atoms with Crippen LogP contribution in [0, 0.1) is 35.3 Å². The summed E-state index contributed by atoms with van der Waals surface area (Å²) in [5.41, 5.74) is 0. The molecule has 2 aliphatic carbocycles. The lowest BCUT2D eigenvalue weighted by Crippen LogP contribution is -2.27. The molecule has 1 aromatic rings. The van der Waals surface area contributed by atoms with Crippen LogP contribution in [0.25, 0.3) is 0 Å².